The summed E-state index contributed by atoms with van der Waals surface area (Å²) in [5.74, 6) is 0.535. The average Bonchev–Trinajstić information content (AvgIpc) is 2.70. The second-order valence-electron chi connectivity index (χ2n) is 6.29. The van der Waals surface area contributed by atoms with Crippen molar-refractivity contribution in [1.29, 1.82) is 0 Å². The number of ether oxygens (including phenoxy) is 1. The van der Waals surface area contributed by atoms with Crippen LogP contribution in [0, 0.1) is 5.92 Å². The van der Waals surface area contributed by atoms with Gasteiger partial charge in [0.2, 0.25) is 5.91 Å². The number of amides is 1. The van der Waals surface area contributed by atoms with Gasteiger partial charge >= 0.3 is 5.97 Å². The fraction of sp³-hybridized carbons (Fsp3) is 0.368. The molecule has 0 atom stereocenters. The zero-order valence-electron chi connectivity index (χ0n) is 14.7. The van der Waals surface area contributed by atoms with Gasteiger partial charge in [-0.2, -0.15) is 0 Å². The van der Waals surface area contributed by atoms with Gasteiger partial charge < -0.3 is 15.4 Å². The van der Waals surface area contributed by atoms with Crippen LogP contribution in [0.5, 0.6) is 0 Å². The Balaban J connectivity index is 1.65. The summed E-state index contributed by atoms with van der Waals surface area (Å²) in [5.41, 5.74) is 0.985. The number of anilines is 3. The van der Waals surface area contributed by atoms with Crippen LogP contribution in [0.2, 0.25) is 0 Å². The quantitative estimate of drug-likeness (QED) is 0.798. The number of nitrogens with one attached hydrogen (secondary N) is 2. The molecule has 1 saturated carbocycles. The summed E-state index contributed by atoms with van der Waals surface area (Å²) in [6.45, 7) is 0. The van der Waals surface area contributed by atoms with Gasteiger partial charge in [0.15, 0.2) is 11.6 Å². The van der Waals surface area contributed by atoms with Crippen LogP contribution in [-0.2, 0) is 9.53 Å². The molecule has 7 nitrogen and oxygen atoms in total. The molecule has 26 heavy (non-hydrogen) atoms. The van der Waals surface area contributed by atoms with Crippen LogP contribution in [0.25, 0.3) is 0 Å². The molecule has 3 rings (SSSR count). The lowest BCUT2D eigenvalue weighted by Gasteiger charge is -2.20. The molecular weight excluding hydrogens is 332 g/mol. The molecule has 1 amide bonds. The lowest BCUT2D eigenvalue weighted by atomic mass is 9.89. The van der Waals surface area contributed by atoms with Gasteiger partial charge in [0, 0.05) is 5.92 Å². The number of aromatic nitrogens is 2. The largest absolute Gasteiger partial charge is 0.465 e. The fourth-order valence-electron chi connectivity index (χ4n) is 3.08. The van der Waals surface area contributed by atoms with Gasteiger partial charge in [0.05, 0.1) is 18.4 Å². The van der Waals surface area contributed by atoms with E-state index in [4.69, 9.17) is 4.74 Å². The molecule has 2 aromatic rings. The number of hydrogen-bond donors (Lipinski definition) is 2. The Morgan fingerprint density at radius 3 is 2.38 bits per heavy atom. The normalized spacial score (nSPS) is 14.5. The van der Waals surface area contributed by atoms with Crippen LogP contribution < -0.4 is 10.6 Å². The minimum absolute atomic E-state index is 0.00995. The zero-order valence-corrected chi connectivity index (χ0v) is 14.7. The third-order valence-corrected chi connectivity index (χ3v) is 4.49. The Hall–Kier alpha value is -2.96. The number of methoxy groups -OCH3 is 1. The standard InChI is InChI=1S/C19H22N4O3/c1-26-19(25)14-9-5-6-10-15(14)20-16-11-12-17(23-22-16)21-18(24)13-7-3-2-4-8-13/h5-6,9-13H,2-4,7-8H2,1H3,(H,20,22)(H,21,23,24). The maximum atomic E-state index is 12.3. The first kappa shape index (κ1) is 17.8. The summed E-state index contributed by atoms with van der Waals surface area (Å²) in [6.07, 6.45) is 5.28. The summed E-state index contributed by atoms with van der Waals surface area (Å²) in [5, 5.41) is 14.0. The van der Waals surface area contributed by atoms with Crippen molar-refractivity contribution in [2.45, 2.75) is 32.1 Å². The highest BCUT2D eigenvalue weighted by atomic mass is 16.5. The Labute approximate surface area is 152 Å². The Bertz CT molecular complexity index is 771. The smallest absolute Gasteiger partial charge is 0.339 e. The van der Waals surface area contributed by atoms with Gasteiger partial charge in [-0.05, 0) is 37.1 Å². The Kier molecular flexibility index (Phi) is 5.78. The van der Waals surface area contributed by atoms with E-state index in [2.05, 4.69) is 20.8 Å². The molecule has 0 saturated heterocycles. The Morgan fingerprint density at radius 1 is 1.00 bits per heavy atom. The molecule has 2 N–H and O–H groups in total. The van der Waals surface area contributed by atoms with E-state index in [1.165, 1.54) is 13.5 Å². The zero-order chi connectivity index (χ0) is 18.4. The third-order valence-electron chi connectivity index (χ3n) is 4.49. The van der Waals surface area contributed by atoms with E-state index < -0.39 is 5.97 Å². The second-order valence-corrected chi connectivity index (χ2v) is 6.29. The second kappa shape index (κ2) is 8.42. The predicted molar refractivity (Wildman–Crippen MR) is 98.3 cm³/mol. The number of para-hydroxylation sites is 1. The summed E-state index contributed by atoms with van der Waals surface area (Å²) in [7, 11) is 1.34. The number of esters is 1. The molecule has 0 spiro atoms. The highest BCUT2D eigenvalue weighted by Crippen LogP contribution is 2.25. The van der Waals surface area contributed by atoms with Crippen molar-refractivity contribution in [2.75, 3.05) is 17.7 Å². The van der Waals surface area contributed by atoms with Crippen LogP contribution in [0.4, 0.5) is 17.3 Å². The molecule has 1 aromatic carbocycles. The molecule has 0 unspecified atom stereocenters. The fourth-order valence-corrected chi connectivity index (χ4v) is 3.08. The van der Waals surface area contributed by atoms with E-state index in [1.807, 2.05) is 0 Å². The van der Waals surface area contributed by atoms with Crippen LogP contribution in [-0.4, -0.2) is 29.2 Å². The van der Waals surface area contributed by atoms with Gasteiger partial charge in [-0.15, -0.1) is 10.2 Å². The molecule has 1 heterocycles. The lowest BCUT2D eigenvalue weighted by molar-refractivity contribution is -0.120. The summed E-state index contributed by atoms with van der Waals surface area (Å²) >= 11 is 0. The molecule has 0 aliphatic heterocycles. The molecule has 0 radical (unpaired) electrons. The van der Waals surface area contributed by atoms with Crippen molar-refractivity contribution in [3.05, 3.63) is 42.0 Å². The topological polar surface area (TPSA) is 93.2 Å². The highest BCUT2D eigenvalue weighted by Gasteiger charge is 2.21. The minimum Gasteiger partial charge on any atom is -0.465 e. The molecule has 1 aliphatic rings. The molecule has 1 aromatic heterocycles. The average molecular weight is 354 g/mol. The van der Waals surface area contributed by atoms with Gasteiger partial charge in [-0.1, -0.05) is 31.4 Å². The number of benzene rings is 1. The maximum absolute atomic E-state index is 12.3. The minimum atomic E-state index is -0.433. The molecular formula is C19H22N4O3. The lowest BCUT2D eigenvalue weighted by Crippen LogP contribution is -2.25. The molecule has 1 aliphatic carbocycles. The molecule has 7 heteroatoms. The summed E-state index contributed by atoms with van der Waals surface area (Å²) < 4.78 is 4.77. The molecule has 0 bridgehead atoms. The van der Waals surface area contributed by atoms with Crippen molar-refractivity contribution < 1.29 is 14.3 Å². The van der Waals surface area contributed by atoms with Crippen LogP contribution in [0.1, 0.15) is 42.5 Å². The first-order chi connectivity index (χ1) is 12.7. The van der Waals surface area contributed by atoms with Crippen molar-refractivity contribution in [3.8, 4) is 0 Å². The van der Waals surface area contributed by atoms with Crippen molar-refractivity contribution in [1.82, 2.24) is 10.2 Å². The van der Waals surface area contributed by atoms with Crippen LogP contribution in [0.15, 0.2) is 36.4 Å². The van der Waals surface area contributed by atoms with E-state index in [1.54, 1.807) is 36.4 Å². The molecule has 1 fully saturated rings. The van der Waals surface area contributed by atoms with Crippen molar-refractivity contribution in [3.63, 3.8) is 0 Å². The monoisotopic (exact) mass is 354 g/mol. The van der Waals surface area contributed by atoms with E-state index >= 15 is 0 Å². The first-order valence-corrected chi connectivity index (χ1v) is 8.76. The van der Waals surface area contributed by atoms with Gasteiger partial charge in [-0.25, -0.2) is 4.79 Å². The maximum Gasteiger partial charge on any atom is 0.339 e. The number of carbonyl (C=O) groups excluding carboxylic acids is 2. The van der Waals surface area contributed by atoms with Gasteiger partial charge in [-0.3, -0.25) is 4.79 Å². The van der Waals surface area contributed by atoms with Crippen molar-refractivity contribution >= 4 is 29.2 Å². The van der Waals surface area contributed by atoms with E-state index in [-0.39, 0.29) is 11.8 Å². The van der Waals surface area contributed by atoms with Gasteiger partial charge in [0.25, 0.3) is 0 Å². The van der Waals surface area contributed by atoms with Crippen molar-refractivity contribution in [2.24, 2.45) is 5.92 Å². The van der Waals surface area contributed by atoms with Crippen LogP contribution in [0.3, 0.4) is 0 Å². The number of rotatable bonds is 5. The highest BCUT2D eigenvalue weighted by molar-refractivity contribution is 5.96. The number of nitrogens with zero attached hydrogens (tertiary/aromatic N) is 2. The SMILES string of the molecule is COC(=O)c1ccccc1Nc1ccc(NC(=O)C2CCCCC2)nn1. The van der Waals surface area contributed by atoms with E-state index in [0.717, 1.165) is 25.7 Å². The van der Waals surface area contributed by atoms with Crippen LogP contribution >= 0.6 is 0 Å². The number of hydrogen-bond acceptors (Lipinski definition) is 6. The van der Waals surface area contributed by atoms with E-state index in [0.29, 0.717) is 22.9 Å². The Morgan fingerprint density at radius 2 is 1.69 bits per heavy atom. The predicted octanol–water partition coefficient (Wildman–Crippen LogP) is 3.53. The third kappa shape index (κ3) is 4.36. The van der Waals surface area contributed by atoms with Gasteiger partial charge in [0.1, 0.15) is 0 Å². The van der Waals surface area contributed by atoms with E-state index in [9.17, 15) is 9.59 Å². The summed E-state index contributed by atoms with van der Waals surface area (Å²) in [4.78, 5) is 24.1. The summed E-state index contributed by atoms with van der Waals surface area (Å²) in [6, 6.07) is 10.4. The first-order valence-electron chi connectivity index (χ1n) is 8.76. The number of carbonyl (C=O) groups is 2. The molecule has 136 valence electrons.